The molecule has 1 heterocycles. The predicted octanol–water partition coefficient (Wildman–Crippen LogP) is 1.76. The van der Waals surface area contributed by atoms with Crippen LogP contribution in [0.2, 0.25) is 0 Å². The Kier molecular flexibility index (Phi) is 3.87. The van der Waals surface area contributed by atoms with Gasteiger partial charge in [0.25, 0.3) is 0 Å². The smallest absolute Gasteiger partial charge is 0.161 e. The monoisotopic (exact) mass is 260 g/mol. The quantitative estimate of drug-likeness (QED) is 0.876. The zero-order valence-corrected chi connectivity index (χ0v) is 10.8. The van der Waals surface area contributed by atoms with Gasteiger partial charge in [0.1, 0.15) is 11.9 Å². The fraction of sp³-hybridized carbons (Fsp3) is 0.214. The molecular weight excluding hydrogens is 244 g/mol. The summed E-state index contributed by atoms with van der Waals surface area (Å²) in [6.45, 7) is 0. The van der Waals surface area contributed by atoms with Gasteiger partial charge < -0.3 is 20.3 Å². The largest absolute Gasteiger partial charge is 0.493 e. The molecule has 5 heteroatoms. The standard InChI is InChI=1S/C14H16N2O3/c1-18-11-6-5-9(8-12(11)19-2)13(17)10-4-3-7-16-14(10)15/h3-8,13,17H,1-2H3,(H2,15,16). The second-order valence-corrected chi connectivity index (χ2v) is 3.99. The number of nitrogen functional groups attached to an aromatic ring is 1. The number of aliphatic hydroxyl groups is 1. The second-order valence-electron chi connectivity index (χ2n) is 3.99. The van der Waals surface area contributed by atoms with E-state index in [1.54, 1.807) is 50.7 Å². The van der Waals surface area contributed by atoms with Crippen molar-refractivity contribution < 1.29 is 14.6 Å². The van der Waals surface area contributed by atoms with Gasteiger partial charge in [-0.05, 0) is 23.8 Å². The van der Waals surface area contributed by atoms with Crippen LogP contribution >= 0.6 is 0 Å². The number of hydrogen-bond donors (Lipinski definition) is 2. The van der Waals surface area contributed by atoms with E-state index in [-0.39, 0.29) is 0 Å². The van der Waals surface area contributed by atoms with Crippen LogP contribution in [0.15, 0.2) is 36.5 Å². The molecule has 0 aliphatic rings. The highest BCUT2D eigenvalue weighted by Gasteiger charge is 2.16. The number of ether oxygens (including phenoxy) is 2. The third-order valence-corrected chi connectivity index (χ3v) is 2.89. The third kappa shape index (κ3) is 2.61. The first-order valence-corrected chi connectivity index (χ1v) is 5.77. The number of aromatic nitrogens is 1. The Balaban J connectivity index is 2.39. The summed E-state index contributed by atoms with van der Waals surface area (Å²) < 4.78 is 10.4. The molecule has 0 saturated heterocycles. The Labute approximate surface area is 111 Å². The maximum atomic E-state index is 10.3. The molecule has 0 saturated carbocycles. The minimum absolute atomic E-state index is 0.310. The van der Waals surface area contributed by atoms with E-state index in [0.29, 0.717) is 28.4 Å². The number of methoxy groups -OCH3 is 2. The maximum Gasteiger partial charge on any atom is 0.161 e. The topological polar surface area (TPSA) is 77.6 Å². The molecule has 3 N–H and O–H groups in total. The molecule has 1 atom stereocenters. The van der Waals surface area contributed by atoms with Gasteiger partial charge in [-0.25, -0.2) is 4.98 Å². The molecule has 1 aromatic carbocycles. The van der Waals surface area contributed by atoms with Gasteiger partial charge in [-0.15, -0.1) is 0 Å². The molecule has 1 unspecified atom stereocenters. The van der Waals surface area contributed by atoms with Gasteiger partial charge in [0.15, 0.2) is 11.5 Å². The van der Waals surface area contributed by atoms with E-state index in [4.69, 9.17) is 15.2 Å². The van der Waals surface area contributed by atoms with Crippen molar-refractivity contribution in [2.45, 2.75) is 6.10 Å². The van der Waals surface area contributed by atoms with Crippen LogP contribution in [0.5, 0.6) is 11.5 Å². The van der Waals surface area contributed by atoms with Crippen molar-refractivity contribution in [1.82, 2.24) is 4.98 Å². The van der Waals surface area contributed by atoms with E-state index in [2.05, 4.69) is 4.98 Å². The van der Waals surface area contributed by atoms with Crippen LogP contribution in [0.3, 0.4) is 0 Å². The van der Waals surface area contributed by atoms with E-state index in [1.165, 1.54) is 0 Å². The summed E-state index contributed by atoms with van der Waals surface area (Å²) in [6, 6.07) is 8.69. The van der Waals surface area contributed by atoms with Gasteiger partial charge in [0.05, 0.1) is 14.2 Å². The number of benzene rings is 1. The van der Waals surface area contributed by atoms with E-state index in [9.17, 15) is 5.11 Å². The van der Waals surface area contributed by atoms with E-state index in [1.807, 2.05) is 0 Å². The third-order valence-electron chi connectivity index (χ3n) is 2.89. The summed E-state index contributed by atoms with van der Waals surface area (Å²) in [6.07, 6.45) is 0.730. The first-order chi connectivity index (χ1) is 9.17. The summed E-state index contributed by atoms with van der Waals surface area (Å²) >= 11 is 0. The lowest BCUT2D eigenvalue weighted by Gasteiger charge is -2.15. The van der Waals surface area contributed by atoms with Crippen LogP contribution < -0.4 is 15.2 Å². The maximum absolute atomic E-state index is 10.3. The van der Waals surface area contributed by atoms with E-state index in [0.717, 1.165) is 0 Å². The average molecular weight is 260 g/mol. The van der Waals surface area contributed by atoms with Crippen LogP contribution in [0.1, 0.15) is 17.2 Å². The van der Waals surface area contributed by atoms with E-state index >= 15 is 0 Å². The van der Waals surface area contributed by atoms with Gasteiger partial charge >= 0.3 is 0 Å². The van der Waals surface area contributed by atoms with Gasteiger partial charge in [0, 0.05) is 11.8 Å². The summed E-state index contributed by atoms with van der Waals surface area (Å²) in [5.41, 5.74) is 6.99. The first kappa shape index (κ1) is 13.2. The Bertz CT molecular complexity index is 572. The van der Waals surface area contributed by atoms with Crippen molar-refractivity contribution in [3.63, 3.8) is 0 Å². The van der Waals surface area contributed by atoms with Crippen LogP contribution in [-0.2, 0) is 0 Å². The number of nitrogens with two attached hydrogens (primary N) is 1. The molecule has 0 amide bonds. The number of nitrogens with zero attached hydrogens (tertiary/aromatic N) is 1. The molecular formula is C14H16N2O3. The summed E-state index contributed by atoms with van der Waals surface area (Å²) in [4.78, 5) is 3.96. The molecule has 0 spiro atoms. The number of hydrogen-bond acceptors (Lipinski definition) is 5. The van der Waals surface area contributed by atoms with Crippen molar-refractivity contribution in [2.24, 2.45) is 0 Å². The van der Waals surface area contributed by atoms with Crippen molar-refractivity contribution in [3.8, 4) is 11.5 Å². The van der Waals surface area contributed by atoms with Crippen LogP contribution in [0.25, 0.3) is 0 Å². The molecule has 100 valence electrons. The molecule has 1 aromatic heterocycles. The van der Waals surface area contributed by atoms with Crippen molar-refractivity contribution in [2.75, 3.05) is 20.0 Å². The molecule has 0 bridgehead atoms. The highest BCUT2D eigenvalue weighted by molar-refractivity contribution is 5.49. The Morgan fingerprint density at radius 2 is 1.89 bits per heavy atom. The zero-order chi connectivity index (χ0) is 13.8. The summed E-state index contributed by atoms with van der Waals surface area (Å²) in [7, 11) is 3.11. The highest BCUT2D eigenvalue weighted by atomic mass is 16.5. The van der Waals surface area contributed by atoms with Crippen LogP contribution in [0.4, 0.5) is 5.82 Å². The normalized spacial score (nSPS) is 11.9. The molecule has 0 fully saturated rings. The molecule has 2 aromatic rings. The summed E-state index contributed by atoms with van der Waals surface area (Å²) in [5.74, 6) is 1.48. The lowest BCUT2D eigenvalue weighted by Crippen LogP contribution is -2.05. The lowest BCUT2D eigenvalue weighted by atomic mass is 10.0. The molecule has 5 nitrogen and oxygen atoms in total. The fourth-order valence-electron chi connectivity index (χ4n) is 1.86. The average Bonchev–Trinajstić information content (AvgIpc) is 2.46. The fourth-order valence-corrected chi connectivity index (χ4v) is 1.86. The number of pyridine rings is 1. The van der Waals surface area contributed by atoms with Gasteiger partial charge in [-0.1, -0.05) is 12.1 Å². The number of rotatable bonds is 4. The zero-order valence-electron chi connectivity index (χ0n) is 10.8. The molecule has 0 radical (unpaired) electrons. The molecule has 19 heavy (non-hydrogen) atoms. The van der Waals surface area contributed by atoms with Crippen molar-refractivity contribution in [3.05, 3.63) is 47.7 Å². The number of aliphatic hydroxyl groups excluding tert-OH is 1. The number of anilines is 1. The van der Waals surface area contributed by atoms with Gasteiger partial charge in [-0.3, -0.25) is 0 Å². The van der Waals surface area contributed by atoms with E-state index < -0.39 is 6.10 Å². The minimum Gasteiger partial charge on any atom is -0.493 e. The SMILES string of the molecule is COc1ccc(C(O)c2cccnc2N)cc1OC. The van der Waals surface area contributed by atoms with Gasteiger partial charge in [-0.2, -0.15) is 0 Å². The molecule has 0 aliphatic heterocycles. The Hall–Kier alpha value is -2.27. The Morgan fingerprint density at radius 3 is 2.53 bits per heavy atom. The van der Waals surface area contributed by atoms with Gasteiger partial charge in [0.2, 0.25) is 0 Å². The minimum atomic E-state index is -0.853. The van der Waals surface area contributed by atoms with Crippen LogP contribution in [-0.4, -0.2) is 24.3 Å². The molecule has 2 rings (SSSR count). The Morgan fingerprint density at radius 1 is 1.16 bits per heavy atom. The summed E-state index contributed by atoms with van der Waals surface area (Å²) in [5, 5.41) is 10.3. The first-order valence-electron chi connectivity index (χ1n) is 5.77. The van der Waals surface area contributed by atoms with Crippen molar-refractivity contribution >= 4 is 5.82 Å². The van der Waals surface area contributed by atoms with Crippen LogP contribution in [0, 0.1) is 0 Å². The predicted molar refractivity (Wildman–Crippen MR) is 72.3 cm³/mol. The molecule has 0 aliphatic carbocycles. The second kappa shape index (κ2) is 5.58. The highest BCUT2D eigenvalue weighted by Crippen LogP contribution is 2.33. The lowest BCUT2D eigenvalue weighted by molar-refractivity contribution is 0.220. The van der Waals surface area contributed by atoms with Crippen molar-refractivity contribution in [1.29, 1.82) is 0 Å².